The molecular formula is C17H20N2O6S. The van der Waals surface area contributed by atoms with Crippen LogP contribution in [0.5, 0.6) is 5.75 Å². The van der Waals surface area contributed by atoms with Gasteiger partial charge in [-0.3, -0.25) is 4.79 Å². The molecule has 0 aliphatic carbocycles. The van der Waals surface area contributed by atoms with Gasteiger partial charge in [-0.25, -0.2) is 13.2 Å². The van der Waals surface area contributed by atoms with Crippen LogP contribution in [0.2, 0.25) is 0 Å². The number of carbonyl (C=O) groups is 2. The molecule has 1 heterocycles. The van der Waals surface area contributed by atoms with Crippen molar-refractivity contribution in [3.8, 4) is 11.8 Å². The molecule has 9 heteroatoms. The van der Waals surface area contributed by atoms with Gasteiger partial charge in [-0.1, -0.05) is 12.1 Å². The van der Waals surface area contributed by atoms with Crippen molar-refractivity contribution in [3.63, 3.8) is 0 Å². The Hall–Kier alpha value is -2.60. The second kappa shape index (κ2) is 8.67. The van der Waals surface area contributed by atoms with E-state index in [1.54, 1.807) is 31.2 Å². The average molecular weight is 380 g/mol. The number of amides is 1. The minimum atomic E-state index is -3.11. The van der Waals surface area contributed by atoms with Gasteiger partial charge in [-0.15, -0.1) is 0 Å². The van der Waals surface area contributed by atoms with Crippen molar-refractivity contribution in [2.45, 2.75) is 19.4 Å². The number of carbonyl (C=O) groups excluding carboxylic acids is 2. The van der Waals surface area contributed by atoms with Crippen LogP contribution in [0.4, 0.5) is 0 Å². The zero-order valence-electron chi connectivity index (χ0n) is 14.4. The van der Waals surface area contributed by atoms with Crippen molar-refractivity contribution in [1.82, 2.24) is 4.90 Å². The highest BCUT2D eigenvalue weighted by Gasteiger charge is 2.34. The second-order valence-electron chi connectivity index (χ2n) is 5.79. The van der Waals surface area contributed by atoms with Crippen LogP contribution in [-0.2, 0) is 24.2 Å². The molecule has 0 spiro atoms. The molecule has 1 aliphatic heterocycles. The third-order valence-electron chi connectivity index (χ3n) is 4.02. The number of para-hydroxylation sites is 1. The highest BCUT2D eigenvalue weighted by atomic mass is 32.2. The standard InChI is InChI=1S/C17H20N2O6S/c1-2-19(14-7-8-26(22,23)12-14)16(20)10-25-17(21)11-24-15-6-4-3-5-13(15)9-18/h3-6,14H,2,7-8,10-12H2,1H3/t14-/m0/s1. The number of benzene rings is 1. The number of nitrogens with zero attached hydrogens (tertiary/aromatic N) is 2. The fourth-order valence-electron chi connectivity index (χ4n) is 2.75. The van der Waals surface area contributed by atoms with Crippen molar-refractivity contribution in [1.29, 1.82) is 5.26 Å². The van der Waals surface area contributed by atoms with E-state index >= 15 is 0 Å². The fourth-order valence-corrected chi connectivity index (χ4v) is 4.48. The molecule has 0 bridgehead atoms. The van der Waals surface area contributed by atoms with Gasteiger partial charge in [0.25, 0.3) is 5.91 Å². The van der Waals surface area contributed by atoms with Crippen molar-refractivity contribution in [2.24, 2.45) is 0 Å². The molecule has 26 heavy (non-hydrogen) atoms. The smallest absolute Gasteiger partial charge is 0.344 e. The molecule has 1 aromatic carbocycles. The van der Waals surface area contributed by atoms with E-state index in [0.717, 1.165) is 0 Å². The Kier molecular flexibility index (Phi) is 6.58. The average Bonchev–Trinajstić information content (AvgIpc) is 2.98. The molecule has 1 fully saturated rings. The Morgan fingerprint density at radius 2 is 2.04 bits per heavy atom. The fraction of sp³-hybridized carbons (Fsp3) is 0.471. The van der Waals surface area contributed by atoms with E-state index in [1.165, 1.54) is 4.90 Å². The van der Waals surface area contributed by atoms with Crippen LogP contribution in [0.3, 0.4) is 0 Å². The predicted octanol–water partition coefficient (Wildman–Crippen LogP) is 0.516. The molecule has 0 unspecified atom stereocenters. The number of esters is 1. The van der Waals surface area contributed by atoms with E-state index < -0.39 is 34.9 Å². The van der Waals surface area contributed by atoms with Crippen LogP contribution in [0.1, 0.15) is 18.9 Å². The number of likely N-dealkylation sites (N-methyl/N-ethyl adjacent to an activating group) is 1. The van der Waals surface area contributed by atoms with Crippen LogP contribution in [0, 0.1) is 11.3 Å². The van der Waals surface area contributed by atoms with Crippen molar-refractivity contribution in [2.75, 3.05) is 31.3 Å². The van der Waals surface area contributed by atoms with Gasteiger partial charge in [0.05, 0.1) is 17.1 Å². The summed E-state index contributed by atoms with van der Waals surface area (Å²) in [6, 6.07) is 8.01. The van der Waals surface area contributed by atoms with Crippen LogP contribution >= 0.6 is 0 Å². The van der Waals surface area contributed by atoms with E-state index in [2.05, 4.69) is 0 Å². The maximum atomic E-state index is 12.2. The predicted molar refractivity (Wildman–Crippen MR) is 92.1 cm³/mol. The topological polar surface area (TPSA) is 114 Å². The quantitative estimate of drug-likeness (QED) is 0.633. The SMILES string of the molecule is CCN(C(=O)COC(=O)COc1ccccc1C#N)[C@H]1CCS(=O)(=O)C1. The summed E-state index contributed by atoms with van der Waals surface area (Å²) in [5, 5.41) is 8.95. The van der Waals surface area contributed by atoms with E-state index in [9.17, 15) is 18.0 Å². The number of hydrogen-bond donors (Lipinski definition) is 0. The van der Waals surface area contributed by atoms with Gasteiger partial charge >= 0.3 is 5.97 Å². The summed E-state index contributed by atoms with van der Waals surface area (Å²) in [5.74, 6) is -0.937. The van der Waals surface area contributed by atoms with Crippen LogP contribution in [-0.4, -0.2) is 62.5 Å². The first-order valence-corrected chi connectivity index (χ1v) is 9.96. The van der Waals surface area contributed by atoms with Crippen LogP contribution in [0.25, 0.3) is 0 Å². The highest BCUT2D eigenvalue weighted by Crippen LogP contribution is 2.18. The molecule has 0 N–H and O–H groups in total. The monoisotopic (exact) mass is 380 g/mol. The van der Waals surface area contributed by atoms with E-state index in [4.69, 9.17) is 14.7 Å². The van der Waals surface area contributed by atoms with Crippen molar-refractivity contribution in [3.05, 3.63) is 29.8 Å². The normalized spacial score (nSPS) is 17.9. The minimum Gasteiger partial charge on any atom is -0.481 e. The van der Waals surface area contributed by atoms with Crippen LogP contribution in [0.15, 0.2) is 24.3 Å². The maximum absolute atomic E-state index is 12.2. The summed E-state index contributed by atoms with van der Waals surface area (Å²) in [7, 11) is -3.11. The summed E-state index contributed by atoms with van der Waals surface area (Å²) in [5.41, 5.74) is 0.288. The number of nitriles is 1. The third-order valence-corrected chi connectivity index (χ3v) is 5.77. The molecule has 0 saturated carbocycles. The van der Waals surface area contributed by atoms with Gasteiger partial charge in [-0.05, 0) is 25.5 Å². The second-order valence-corrected chi connectivity index (χ2v) is 8.02. The largest absolute Gasteiger partial charge is 0.481 e. The van der Waals surface area contributed by atoms with Gasteiger partial charge in [0.15, 0.2) is 23.1 Å². The van der Waals surface area contributed by atoms with Crippen LogP contribution < -0.4 is 4.74 Å². The number of ether oxygens (including phenoxy) is 2. The summed E-state index contributed by atoms with van der Waals surface area (Å²) in [6.45, 7) is 1.16. The molecule has 1 atom stereocenters. The molecule has 1 aliphatic rings. The highest BCUT2D eigenvalue weighted by molar-refractivity contribution is 7.91. The summed E-state index contributed by atoms with van der Waals surface area (Å²) in [4.78, 5) is 25.4. The maximum Gasteiger partial charge on any atom is 0.344 e. The Labute approximate surface area is 152 Å². The lowest BCUT2D eigenvalue weighted by molar-refractivity contribution is -0.154. The Morgan fingerprint density at radius 1 is 1.31 bits per heavy atom. The number of sulfone groups is 1. The first-order valence-electron chi connectivity index (χ1n) is 8.13. The lowest BCUT2D eigenvalue weighted by Gasteiger charge is -2.26. The zero-order chi connectivity index (χ0) is 19.2. The van der Waals surface area contributed by atoms with Gasteiger partial charge in [0.1, 0.15) is 11.8 Å². The number of rotatable bonds is 7. The zero-order valence-corrected chi connectivity index (χ0v) is 15.2. The Morgan fingerprint density at radius 3 is 2.65 bits per heavy atom. The molecule has 2 rings (SSSR count). The van der Waals surface area contributed by atoms with E-state index in [-0.39, 0.29) is 28.9 Å². The molecule has 140 valence electrons. The molecular weight excluding hydrogens is 360 g/mol. The Balaban J connectivity index is 1.82. The first-order chi connectivity index (χ1) is 12.4. The van der Waals surface area contributed by atoms with Gasteiger partial charge in [0, 0.05) is 12.6 Å². The Bertz CT molecular complexity index is 815. The molecule has 1 saturated heterocycles. The molecule has 8 nitrogen and oxygen atoms in total. The van der Waals surface area contributed by atoms with E-state index in [1.807, 2.05) is 6.07 Å². The molecule has 0 aromatic heterocycles. The van der Waals surface area contributed by atoms with Crippen molar-refractivity contribution >= 4 is 21.7 Å². The molecule has 1 aromatic rings. The summed E-state index contributed by atoms with van der Waals surface area (Å²) < 4.78 is 33.3. The molecule has 0 radical (unpaired) electrons. The van der Waals surface area contributed by atoms with E-state index in [0.29, 0.717) is 13.0 Å². The lowest BCUT2D eigenvalue weighted by atomic mass is 10.2. The molecule has 1 amide bonds. The van der Waals surface area contributed by atoms with Gasteiger partial charge in [0.2, 0.25) is 0 Å². The third kappa shape index (κ3) is 5.20. The first kappa shape index (κ1) is 19.7. The lowest BCUT2D eigenvalue weighted by Crippen LogP contribution is -2.43. The van der Waals surface area contributed by atoms with Crippen molar-refractivity contribution < 1.29 is 27.5 Å². The summed E-state index contributed by atoms with van der Waals surface area (Å²) in [6.07, 6.45) is 0.393. The minimum absolute atomic E-state index is 0.0609. The summed E-state index contributed by atoms with van der Waals surface area (Å²) >= 11 is 0. The van der Waals surface area contributed by atoms with Gasteiger partial charge in [-0.2, -0.15) is 5.26 Å². The van der Waals surface area contributed by atoms with Gasteiger partial charge < -0.3 is 14.4 Å². The number of hydrogen-bond acceptors (Lipinski definition) is 7.